The van der Waals surface area contributed by atoms with Crippen molar-refractivity contribution in [2.75, 3.05) is 18.1 Å². The van der Waals surface area contributed by atoms with Gasteiger partial charge >= 0.3 is 0 Å². The van der Waals surface area contributed by atoms with Crippen LogP contribution in [0.15, 0.2) is 41.3 Å². The molecule has 1 heterocycles. The number of anilines is 1. The molecule has 0 radical (unpaired) electrons. The summed E-state index contributed by atoms with van der Waals surface area (Å²) in [6.07, 6.45) is 2.53. The Morgan fingerprint density at radius 1 is 1.25 bits per heavy atom. The van der Waals surface area contributed by atoms with Crippen LogP contribution in [-0.2, 0) is 11.3 Å². The van der Waals surface area contributed by atoms with Gasteiger partial charge in [0.2, 0.25) is 5.91 Å². The van der Waals surface area contributed by atoms with Crippen molar-refractivity contribution in [3.63, 3.8) is 0 Å². The van der Waals surface area contributed by atoms with Gasteiger partial charge in [-0.05, 0) is 51.3 Å². The maximum absolute atomic E-state index is 12.3. The number of nitrogens with one attached hydrogen (secondary N) is 1. The molecule has 0 bridgehead atoms. The normalized spacial score (nSPS) is 11.2. The van der Waals surface area contributed by atoms with Gasteiger partial charge in [-0.25, -0.2) is 0 Å². The van der Waals surface area contributed by atoms with E-state index < -0.39 is 0 Å². The van der Waals surface area contributed by atoms with Crippen LogP contribution < -0.4 is 5.32 Å². The highest BCUT2D eigenvalue weighted by Gasteiger charge is 2.14. The first-order valence-electron chi connectivity index (χ1n) is 8.22. The highest BCUT2D eigenvalue weighted by molar-refractivity contribution is 7.98. The Balaban J connectivity index is 1.90. The van der Waals surface area contributed by atoms with Crippen molar-refractivity contribution in [2.45, 2.75) is 44.7 Å². The number of benzene rings is 1. The molecule has 0 aliphatic carbocycles. The number of nitrogens with zero attached hydrogens (tertiary/aromatic N) is 1. The number of thiophene rings is 1. The molecule has 3 nitrogen and oxygen atoms in total. The minimum Gasteiger partial charge on any atom is -0.325 e. The topological polar surface area (TPSA) is 32.3 Å². The first-order valence-corrected chi connectivity index (χ1v) is 10.3. The minimum atomic E-state index is 0.0736. The Morgan fingerprint density at radius 3 is 2.62 bits per heavy atom. The van der Waals surface area contributed by atoms with Crippen molar-refractivity contribution < 1.29 is 4.79 Å². The zero-order valence-corrected chi connectivity index (χ0v) is 16.5. The third-order valence-corrected chi connectivity index (χ3v) is 5.67. The average molecular weight is 363 g/mol. The van der Waals surface area contributed by atoms with Gasteiger partial charge in [0.15, 0.2) is 0 Å². The lowest BCUT2D eigenvalue weighted by atomic mass is 10.2. The molecule has 130 valence electrons. The molecule has 0 atom stereocenters. The molecule has 1 amide bonds. The van der Waals surface area contributed by atoms with Gasteiger partial charge in [-0.15, -0.1) is 23.1 Å². The second-order valence-corrected chi connectivity index (χ2v) is 8.30. The van der Waals surface area contributed by atoms with Crippen LogP contribution in [0.25, 0.3) is 0 Å². The van der Waals surface area contributed by atoms with Gasteiger partial charge in [0.1, 0.15) is 0 Å². The van der Waals surface area contributed by atoms with Gasteiger partial charge in [0.05, 0.1) is 5.69 Å². The van der Waals surface area contributed by atoms with Gasteiger partial charge in [-0.2, -0.15) is 0 Å². The van der Waals surface area contributed by atoms with Crippen LogP contribution in [0.3, 0.4) is 0 Å². The molecule has 1 aromatic carbocycles. The molecule has 2 rings (SSSR count). The Kier molecular flexibility index (Phi) is 7.34. The van der Waals surface area contributed by atoms with E-state index in [0.29, 0.717) is 12.5 Å². The second kappa shape index (κ2) is 9.25. The van der Waals surface area contributed by atoms with E-state index in [-0.39, 0.29) is 5.91 Å². The second-order valence-electron chi connectivity index (χ2n) is 6.08. The maximum Gasteiger partial charge on any atom is 0.225 e. The average Bonchev–Trinajstić information content (AvgIpc) is 2.96. The van der Waals surface area contributed by atoms with Crippen molar-refractivity contribution in [1.29, 1.82) is 0 Å². The van der Waals surface area contributed by atoms with E-state index >= 15 is 0 Å². The fraction of sp³-hybridized carbons (Fsp3) is 0.421. The summed E-state index contributed by atoms with van der Waals surface area (Å²) in [6.45, 7) is 8.17. The molecule has 1 aromatic heterocycles. The van der Waals surface area contributed by atoms with Crippen LogP contribution >= 0.6 is 23.1 Å². The third-order valence-electron chi connectivity index (χ3n) is 3.89. The van der Waals surface area contributed by atoms with Gasteiger partial charge in [0.25, 0.3) is 0 Å². The Hall–Kier alpha value is -1.30. The third kappa shape index (κ3) is 5.65. The minimum absolute atomic E-state index is 0.0736. The Bertz CT molecular complexity index is 667. The van der Waals surface area contributed by atoms with E-state index in [1.54, 1.807) is 11.8 Å². The molecule has 1 N–H and O–H groups in total. The van der Waals surface area contributed by atoms with E-state index in [1.807, 2.05) is 41.9 Å². The van der Waals surface area contributed by atoms with Crippen LogP contribution in [0.1, 0.15) is 30.0 Å². The molecule has 0 aliphatic rings. The molecule has 0 fully saturated rings. The first kappa shape index (κ1) is 19.0. The van der Waals surface area contributed by atoms with Crippen molar-refractivity contribution in [2.24, 2.45) is 0 Å². The van der Waals surface area contributed by atoms with Crippen LogP contribution in [0, 0.1) is 6.92 Å². The number of hydrogen-bond donors (Lipinski definition) is 1. The number of aryl methyl sites for hydroxylation is 1. The van der Waals surface area contributed by atoms with Crippen LogP contribution in [0.2, 0.25) is 0 Å². The van der Waals surface area contributed by atoms with Crippen LogP contribution in [0.5, 0.6) is 0 Å². The molecular formula is C19H26N2OS2. The van der Waals surface area contributed by atoms with Crippen molar-refractivity contribution >= 4 is 34.7 Å². The highest BCUT2D eigenvalue weighted by atomic mass is 32.2. The van der Waals surface area contributed by atoms with Crippen molar-refractivity contribution in [3.05, 3.63) is 46.2 Å². The monoisotopic (exact) mass is 362 g/mol. The summed E-state index contributed by atoms with van der Waals surface area (Å²) in [7, 11) is 0. The van der Waals surface area contributed by atoms with Gasteiger partial charge in [-0.3, -0.25) is 9.69 Å². The van der Waals surface area contributed by atoms with E-state index in [4.69, 9.17) is 0 Å². The van der Waals surface area contributed by atoms with Gasteiger partial charge in [0, 0.05) is 40.2 Å². The maximum atomic E-state index is 12.3. The fourth-order valence-corrected chi connectivity index (χ4v) is 3.97. The summed E-state index contributed by atoms with van der Waals surface area (Å²) in [5.74, 6) is 0.0736. The summed E-state index contributed by atoms with van der Waals surface area (Å²) in [6, 6.07) is 12.7. The zero-order valence-electron chi connectivity index (χ0n) is 14.8. The van der Waals surface area contributed by atoms with Crippen LogP contribution in [0.4, 0.5) is 5.69 Å². The van der Waals surface area contributed by atoms with E-state index in [2.05, 4.69) is 43.1 Å². The summed E-state index contributed by atoms with van der Waals surface area (Å²) >= 11 is 3.48. The van der Waals surface area contributed by atoms with Crippen LogP contribution in [-0.4, -0.2) is 29.6 Å². The predicted octanol–water partition coefficient (Wildman–Crippen LogP) is 5.02. The van der Waals surface area contributed by atoms with Crippen molar-refractivity contribution in [1.82, 2.24) is 4.90 Å². The Labute approximate surface area is 153 Å². The number of rotatable bonds is 8. The molecule has 0 spiro atoms. The summed E-state index contributed by atoms with van der Waals surface area (Å²) in [5, 5.41) is 3.04. The van der Waals surface area contributed by atoms with Gasteiger partial charge < -0.3 is 5.32 Å². The molecule has 0 unspecified atom stereocenters. The van der Waals surface area contributed by atoms with E-state index in [9.17, 15) is 4.79 Å². The smallest absolute Gasteiger partial charge is 0.225 e. The standard InChI is InChI=1S/C19H26N2OS2/c1-14(2)21(13-16-10-9-15(3)24-16)12-11-19(22)20-17-7-5-6-8-18(17)23-4/h5-10,14H,11-13H2,1-4H3,(H,20,22). The number of carbonyl (C=O) groups is 1. The fourth-order valence-electron chi connectivity index (χ4n) is 2.50. The molecule has 0 saturated carbocycles. The quantitative estimate of drug-likeness (QED) is 0.669. The molecule has 0 saturated heterocycles. The van der Waals surface area contributed by atoms with Gasteiger partial charge in [-0.1, -0.05) is 12.1 Å². The van der Waals surface area contributed by atoms with E-state index in [0.717, 1.165) is 23.7 Å². The lowest BCUT2D eigenvalue weighted by Gasteiger charge is -2.25. The number of carbonyl (C=O) groups excluding carboxylic acids is 1. The molecule has 24 heavy (non-hydrogen) atoms. The summed E-state index contributed by atoms with van der Waals surface area (Å²) in [5.41, 5.74) is 0.903. The number of hydrogen-bond acceptors (Lipinski definition) is 4. The Morgan fingerprint density at radius 2 is 2.00 bits per heavy atom. The summed E-state index contributed by atoms with van der Waals surface area (Å²) < 4.78 is 0. The lowest BCUT2D eigenvalue weighted by molar-refractivity contribution is -0.116. The number of para-hydroxylation sites is 1. The molecule has 5 heteroatoms. The number of amides is 1. The highest BCUT2D eigenvalue weighted by Crippen LogP contribution is 2.24. The van der Waals surface area contributed by atoms with E-state index in [1.165, 1.54) is 9.75 Å². The number of thioether (sulfide) groups is 1. The molecular weight excluding hydrogens is 336 g/mol. The zero-order chi connectivity index (χ0) is 17.5. The first-order chi connectivity index (χ1) is 11.5. The predicted molar refractivity (Wildman–Crippen MR) is 106 cm³/mol. The van der Waals surface area contributed by atoms with Crippen molar-refractivity contribution in [3.8, 4) is 0 Å². The summed E-state index contributed by atoms with van der Waals surface area (Å²) in [4.78, 5) is 18.5. The molecule has 0 aliphatic heterocycles. The SMILES string of the molecule is CSc1ccccc1NC(=O)CCN(Cc1ccc(C)s1)C(C)C. The lowest BCUT2D eigenvalue weighted by Crippen LogP contribution is -2.33. The largest absolute Gasteiger partial charge is 0.325 e. The molecule has 2 aromatic rings.